The second-order valence-electron chi connectivity index (χ2n) is 2.48. The Hall–Kier alpha value is -1.80. The molecule has 0 unspecified atom stereocenters. The molecule has 1 aromatic heterocycles. The van der Waals surface area contributed by atoms with E-state index in [0.717, 1.165) is 0 Å². The molecule has 0 aliphatic heterocycles. The van der Waals surface area contributed by atoms with Crippen molar-refractivity contribution in [2.75, 3.05) is 6.61 Å². The highest BCUT2D eigenvalue weighted by Gasteiger charge is 2.29. The number of rotatable bonds is 3. The summed E-state index contributed by atoms with van der Waals surface area (Å²) in [4.78, 5) is 14.3. The van der Waals surface area contributed by atoms with Gasteiger partial charge in [-0.2, -0.15) is 18.3 Å². The maximum Gasteiger partial charge on any atom is 0.422 e. The third kappa shape index (κ3) is 4.84. The number of carbonyl (C=O) groups excluding carboxylic acids is 1. The summed E-state index contributed by atoms with van der Waals surface area (Å²) in [6, 6.07) is 0. The van der Waals surface area contributed by atoms with E-state index in [9.17, 15) is 18.0 Å². The molecule has 9 heteroatoms. The van der Waals surface area contributed by atoms with Crippen LogP contribution in [0.5, 0.6) is 0 Å². The molecule has 15 heavy (non-hydrogen) atoms. The molecule has 2 N–H and O–H groups in total. The molecule has 1 rings (SSSR count). The van der Waals surface area contributed by atoms with Gasteiger partial charge in [-0.1, -0.05) is 0 Å². The van der Waals surface area contributed by atoms with Crippen molar-refractivity contribution < 1.29 is 22.7 Å². The van der Waals surface area contributed by atoms with Crippen molar-refractivity contribution in [1.29, 1.82) is 0 Å². The molecule has 1 aromatic rings. The first-order chi connectivity index (χ1) is 6.97. The number of halogens is 3. The standard InChI is InChI=1S/C6H7F3N4O2/c7-6(8,9)2-15-5(14)10-1-4-11-3-12-13-4/h3H,1-2H2,(H,10,14)(H,11,12,13). The Morgan fingerprint density at radius 2 is 2.33 bits per heavy atom. The van der Waals surface area contributed by atoms with Crippen molar-refractivity contribution in [1.82, 2.24) is 20.5 Å². The van der Waals surface area contributed by atoms with Crippen molar-refractivity contribution in [3.63, 3.8) is 0 Å². The molecular weight excluding hydrogens is 217 g/mol. The number of nitrogens with one attached hydrogen (secondary N) is 2. The number of ether oxygens (including phenoxy) is 1. The van der Waals surface area contributed by atoms with Crippen LogP contribution in [-0.4, -0.2) is 34.1 Å². The third-order valence-corrected chi connectivity index (χ3v) is 1.23. The topological polar surface area (TPSA) is 79.9 Å². The minimum Gasteiger partial charge on any atom is -0.440 e. The van der Waals surface area contributed by atoms with Crippen LogP contribution in [-0.2, 0) is 11.3 Å². The van der Waals surface area contributed by atoms with Gasteiger partial charge in [-0.15, -0.1) is 0 Å². The van der Waals surface area contributed by atoms with Gasteiger partial charge >= 0.3 is 12.3 Å². The van der Waals surface area contributed by atoms with E-state index in [2.05, 4.69) is 25.2 Å². The summed E-state index contributed by atoms with van der Waals surface area (Å²) in [6.07, 6.45) is -4.48. The average Bonchev–Trinajstić information content (AvgIpc) is 2.62. The Kier molecular flexibility index (Phi) is 3.47. The number of aromatic nitrogens is 3. The second-order valence-corrected chi connectivity index (χ2v) is 2.48. The fourth-order valence-electron chi connectivity index (χ4n) is 0.670. The molecule has 1 amide bonds. The number of alkyl carbamates (subject to hydrolysis) is 1. The van der Waals surface area contributed by atoms with E-state index in [-0.39, 0.29) is 6.54 Å². The second kappa shape index (κ2) is 4.62. The molecule has 0 bridgehead atoms. The largest absolute Gasteiger partial charge is 0.440 e. The zero-order valence-corrected chi connectivity index (χ0v) is 7.34. The summed E-state index contributed by atoms with van der Waals surface area (Å²) < 4.78 is 38.7. The van der Waals surface area contributed by atoms with Gasteiger partial charge in [-0.05, 0) is 0 Å². The number of alkyl halides is 3. The summed E-state index contributed by atoms with van der Waals surface area (Å²) in [5.74, 6) is 0.318. The fraction of sp³-hybridized carbons (Fsp3) is 0.500. The lowest BCUT2D eigenvalue weighted by molar-refractivity contribution is -0.160. The molecule has 84 valence electrons. The summed E-state index contributed by atoms with van der Waals surface area (Å²) >= 11 is 0. The minimum absolute atomic E-state index is 0.0727. The smallest absolute Gasteiger partial charge is 0.422 e. The number of carbonyl (C=O) groups is 1. The Morgan fingerprint density at radius 3 is 2.87 bits per heavy atom. The minimum atomic E-state index is -4.52. The molecule has 0 saturated carbocycles. The first-order valence-corrected chi connectivity index (χ1v) is 3.79. The lowest BCUT2D eigenvalue weighted by atomic mass is 10.6. The van der Waals surface area contributed by atoms with Crippen LogP contribution in [0.25, 0.3) is 0 Å². The number of nitrogens with zero attached hydrogens (tertiary/aromatic N) is 2. The van der Waals surface area contributed by atoms with Crippen molar-refractivity contribution in [2.24, 2.45) is 0 Å². The summed E-state index contributed by atoms with van der Waals surface area (Å²) in [7, 11) is 0. The van der Waals surface area contributed by atoms with Crippen molar-refractivity contribution in [3.8, 4) is 0 Å². The van der Waals surface area contributed by atoms with Gasteiger partial charge in [0.05, 0.1) is 6.54 Å². The summed E-state index contributed by atoms with van der Waals surface area (Å²) in [5, 5.41) is 7.95. The van der Waals surface area contributed by atoms with Crippen molar-refractivity contribution >= 4 is 6.09 Å². The van der Waals surface area contributed by atoms with Crippen LogP contribution in [0.2, 0.25) is 0 Å². The van der Waals surface area contributed by atoms with Crippen molar-refractivity contribution in [2.45, 2.75) is 12.7 Å². The highest BCUT2D eigenvalue weighted by atomic mass is 19.4. The first kappa shape index (κ1) is 11.3. The van der Waals surface area contributed by atoms with E-state index in [4.69, 9.17) is 0 Å². The van der Waals surface area contributed by atoms with E-state index in [0.29, 0.717) is 5.82 Å². The number of hydrogen-bond acceptors (Lipinski definition) is 4. The van der Waals surface area contributed by atoms with Crippen LogP contribution in [0.15, 0.2) is 6.33 Å². The van der Waals surface area contributed by atoms with E-state index >= 15 is 0 Å². The predicted octanol–water partition coefficient (Wildman–Crippen LogP) is 0.593. The van der Waals surface area contributed by atoms with Crippen LogP contribution < -0.4 is 5.32 Å². The molecule has 0 spiro atoms. The molecule has 0 atom stereocenters. The molecule has 6 nitrogen and oxygen atoms in total. The number of aromatic amines is 1. The Bertz CT molecular complexity index is 311. The van der Waals surface area contributed by atoms with Gasteiger partial charge < -0.3 is 10.1 Å². The van der Waals surface area contributed by atoms with E-state index < -0.39 is 18.9 Å². The van der Waals surface area contributed by atoms with Crippen LogP contribution in [0.4, 0.5) is 18.0 Å². The maximum atomic E-state index is 11.6. The van der Waals surface area contributed by atoms with Gasteiger partial charge in [-0.3, -0.25) is 5.10 Å². The van der Waals surface area contributed by atoms with Gasteiger partial charge in [0.2, 0.25) is 0 Å². The molecule has 1 heterocycles. The Labute approximate surface area is 81.8 Å². The van der Waals surface area contributed by atoms with Crippen molar-refractivity contribution in [3.05, 3.63) is 12.2 Å². The molecule has 0 aliphatic carbocycles. The molecule has 0 aromatic carbocycles. The number of hydrogen-bond donors (Lipinski definition) is 2. The zero-order chi connectivity index (χ0) is 11.3. The van der Waals surface area contributed by atoms with Gasteiger partial charge in [0.1, 0.15) is 12.2 Å². The summed E-state index contributed by atoms with van der Waals surface area (Å²) in [5.41, 5.74) is 0. The van der Waals surface area contributed by atoms with Crippen LogP contribution in [0, 0.1) is 0 Å². The average molecular weight is 224 g/mol. The van der Waals surface area contributed by atoms with E-state index in [1.807, 2.05) is 0 Å². The van der Waals surface area contributed by atoms with Gasteiger partial charge in [-0.25, -0.2) is 9.78 Å². The quantitative estimate of drug-likeness (QED) is 0.787. The van der Waals surface area contributed by atoms with Gasteiger partial charge in [0.15, 0.2) is 6.61 Å². The monoisotopic (exact) mass is 224 g/mol. The SMILES string of the molecule is O=C(NCc1ncn[nH]1)OCC(F)(F)F. The number of amides is 1. The van der Waals surface area contributed by atoms with Crippen LogP contribution in [0.3, 0.4) is 0 Å². The fourth-order valence-corrected chi connectivity index (χ4v) is 0.670. The molecule has 0 radical (unpaired) electrons. The normalized spacial score (nSPS) is 11.1. The molecular formula is C6H7F3N4O2. The number of H-pyrrole nitrogens is 1. The zero-order valence-electron chi connectivity index (χ0n) is 7.34. The molecule has 0 aliphatic rings. The van der Waals surface area contributed by atoms with Gasteiger partial charge in [0.25, 0.3) is 0 Å². The van der Waals surface area contributed by atoms with Crippen LogP contribution >= 0.6 is 0 Å². The highest BCUT2D eigenvalue weighted by molar-refractivity contribution is 5.66. The van der Waals surface area contributed by atoms with E-state index in [1.54, 1.807) is 0 Å². The van der Waals surface area contributed by atoms with E-state index in [1.165, 1.54) is 6.33 Å². The lowest BCUT2D eigenvalue weighted by Gasteiger charge is -2.07. The third-order valence-electron chi connectivity index (χ3n) is 1.23. The summed E-state index contributed by atoms with van der Waals surface area (Å²) in [6.45, 7) is -1.69. The molecule has 0 fully saturated rings. The van der Waals surface area contributed by atoms with Gasteiger partial charge in [0, 0.05) is 0 Å². The molecule has 0 saturated heterocycles. The Balaban J connectivity index is 2.20. The highest BCUT2D eigenvalue weighted by Crippen LogP contribution is 2.14. The Morgan fingerprint density at radius 1 is 1.60 bits per heavy atom. The lowest BCUT2D eigenvalue weighted by Crippen LogP contribution is -2.28. The predicted molar refractivity (Wildman–Crippen MR) is 40.6 cm³/mol. The van der Waals surface area contributed by atoms with Crippen LogP contribution in [0.1, 0.15) is 5.82 Å². The first-order valence-electron chi connectivity index (χ1n) is 3.79. The maximum absolute atomic E-state index is 11.6.